The summed E-state index contributed by atoms with van der Waals surface area (Å²) in [7, 11) is 0. The van der Waals surface area contributed by atoms with E-state index >= 15 is 0 Å². The van der Waals surface area contributed by atoms with E-state index in [1.165, 1.54) is 11.8 Å². The summed E-state index contributed by atoms with van der Waals surface area (Å²) >= 11 is 3.14. The maximum atomic E-state index is 13.4. The van der Waals surface area contributed by atoms with Gasteiger partial charge in [-0.05, 0) is 52.7 Å². The van der Waals surface area contributed by atoms with Crippen LogP contribution in [0.5, 0.6) is 0 Å². The molecule has 1 aromatic carbocycles. The van der Waals surface area contributed by atoms with Crippen LogP contribution in [0.1, 0.15) is 19.0 Å². The van der Waals surface area contributed by atoms with Crippen LogP contribution in [0.2, 0.25) is 0 Å². The highest BCUT2D eigenvalue weighted by molar-refractivity contribution is 9.10. The Kier molecular flexibility index (Phi) is 4.42. The van der Waals surface area contributed by atoms with E-state index in [1.54, 1.807) is 6.07 Å². The third-order valence-electron chi connectivity index (χ3n) is 2.78. The number of aromatic nitrogens is 1. The zero-order chi connectivity index (χ0) is 13.0. The van der Waals surface area contributed by atoms with Crippen molar-refractivity contribution >= 4 is 21.6 Å². The van der Waals surface area contributed by atoms with Crippen LogP contribution in [0, 0.1) is 5.82 Å². The van der Waals surface area contributed by atoms with E-state index in [1.807, 2.05) is 12.1 Å². The van der Waals surface area contributed by atoms with Crippen molar-refractivity contribution in [1.29, 1.82) is 0 Å². The molecular formula is C14H16BrFN2. The number of nitrogens with zero attached hydrogens (tertiary/aromatic N) is 1. The third-order valence-corrected chi connectivity index (χ3v) is 3.42. The Labute approximate surface area is 115 Å². The minimum atomic E-state index is -0.246. The molecule has 0 unspecified atom stereocenters. The number of benzene rings is 1. The summed E-state index contributed by atoms with van der Waals surface area (Å²) in [4.78, 5) is 0. The number of hydrogen-bond acceptors (Lipinski definition) is 1. The molecule has 0 radical (unpaired) electrons. The Morgan fingerprint density at radius 3 is 2.89 bits per heavy atom. The summed E-state index contributed by atoms with van der Waals surface area (Å²) in [5.74, 6) is -0.246. The fraction of sp³-hybridized carbons (Fsp3) is 0.286. The molecule has 0 atom stereocenters. The van der Waals surface area contributed by atoms with Gasteiger partial charge in [-0.25, -0.2) is 4.39 Å². The summed E-state index contributed by atoms with van der Waals surface area (Å²) in [6.45, 7) is 3.87. The summed E-state index contributed by atoms with van der Waals surface area (Å²) < 4.78 is 16.1. The Morgan fingerprint density at radius 2 is 2.17 bits per heavy atom. The normalized spacial score (nSPS) is 10.6. The van der Waals surface area contributed by atoms with Crippen molar-refractivity contribution in [2.24, 2.45) is 0 Å². The van der Waals surface area contributed by atoms with E-state index in [-0.39, 0.29) is 5.82 Å². The van der Waals surface area contributed by atoms with Crippen LogP contribution in [0.3, 0.4) is 0 Å². The number of anilines is 1. The quantitative estimate of drug-likeness (QED) is 0.865. The van der Waals surface area contributed by atoms with E-state index in [0.29, 0.717) is 11.0 Å². The zero-order valence-corrected chi connectivity index (χ0v) is 11.9. The van der Waals surface area contributed by atoms with E-state index in [2.05, 4.69) is 45.0 Å². The predicted octanol–water partition coefficient (Wildman–Crippen LogP) is 4.41. The molecule has 1 N–H and O–H groups in total. The lowest BCUT2D eigenvalue weighted by Gasteiger charge is -2.10. The molecule has 1 heterocycles. The maximum Gasteiger partial charge on any atom is 0.139 e. The number of rotatable bonds is 5. The largest absolute Gasteiger partial charge is 0.379 e. The van der Waals surface area contributed by atoms with E-state index < -0.39 is 0 Å². The molecular weight excluding hydrogens is 295 g/mol. The summed E-state index contributed by atoms with van der Waals surface area (Å²) in [5.41, 5.74) is 2.00. The lowest BCUT2D eigenvalue weighted by atomic mass is 10.3. The van der Waals surface area contributed by atoms with Crippen LogP contribution in [0.25, 0.3) is 0 Å². The molecule has 0 bridgehead atoms. The molecule has 18 heavy (non-hydrogen) atoms. The molecule has 2 nitrogen and oxygen atoms in total. The summed E-state index contributed by atoms with van der Waals surface area (Å²) in [6.07, 6.45) is 3.18. The van der Waals surface area contributed by atoms with Crippen molar-refractivity contribution in [1.82, 2.24) is 4.57 Å². The van der Waals surface area contributed by atoms with E-state index in [9.17, 15) is 4.39 Å². The molecule has 0 saturated heterocycles. The van der Waals surface area contributed by atoms with Gasteiger partial charge >= 0.3 is 0 Å². The van der Waals surface area contributed by atoms with Gasteiger partial charge in [-0.3, -0.25) is 0 Å². The van der Waals surface area contributed by atoms with E-state index in [4.69, 9.17) is 0 Å². The average molecular weight is 311 g/mol. The van der Waals surface area contributed by atoms with Crippen molar-refractivity contribution in [3.05, 3.63) is 52.5 Å². The highest BCUT2D eigenvalue weighted by atomic mass is 79.9. The fourth-order valence-electron chi connectivity index (χ4n) is 1.87. The zero-order valence-electron chi connectivity index (χ0n) is 10.3. The van der Waals surface area contributed by atoms with Gasteiger partial charge in [0.05, 0.1) is 11.0 Å². The molecule has 0 aliphatic rings. The average Bonchev–Trinajstić information content (AvgIpc) is 2.79. The fourth-order valence-corrected chi connectivity index (χ4v) is 2.11. The standard InChI is InChI=1S/C14H16BrFN2/c1-2-7-18-8-3-4-12(18)10-17-11-5-6-13(15)14(16)9-11/h3-6,8-9,17H,2,7,10H2,1H3. The number of nitrogens with one attached hydrogen (secondary N) is 1. The van der Waals surface area contributed by atoms with E-state index in [0.717, 1.165) is 18.7 Å². The van der Waals surface area contributed by atoms with Crippen molar-refractivity contribution in [3.8, 4) is 0 Å². The van der Waals surface area contributed by atoms with Gasteiger partial charge in [0, 0.05) is 24.1 Å². The topological polar surface area (TPSA) is 17.0 Å². The smallest absolute Gasteiger partial charge is 0.139 e. The Bertz CT molecular complexity index is 522. The third kappa shape index (κ3) is 3.13. The number of hydrogen-bond donors (Lipinski definition) is 1. The van der Waals surface area contributed by atoms with Crippen LogP contribution in [-0.4, -0.2) is 4.57 Å². The second kappa shape index (κ2) is 6.05. The van der Waals surface area contributed by atoms with Crippen LogP contribution in [0.4, 0.5) is 10.1 Å². The first kappa shape index (κ1) is 13.1. The number of halogens is 2. The van der Waals surface area contributed by atoms with Crippen molar-refractivity contribution in [2.45, 2.75) is 26.4 Å². The molecule has 0 fully saturated rings. The first-order chi connectivity index (χ1) is 8.70. The minimum Gasteiger partial charge on any atom is -0.379 e. The van der Waals surface area contributed by atoms with Gasteiger partial charge in [-0.1, -0.05) is 6.92 Å². The molecule has 96 valence electrons. The Morgan fingerprint density at radius 1 is 1.33 bits per heavy atom. The van der Waals surface area contributed by atoms with Gasteiger partial charge in [0.15, 0.2) is 0 Å². The van der Waals surface area contributed by atoms with Gasteiger partial charge in [-0.2, -0.15) is 0 Å². The molecule has 2 rings (SSSR count). The monoisotopic (exact) mass is 310 g/mol. The van der Waals surface area contributed by atoms with Crippen LogP contribution < -0.4 is 5.32 Å². The first-order valence-corrected chi connectivity index (χ1v) is 6.83. The van der Waals surface area contributed by atoms with Gasteiger partial charge < -0.3 is 9.88 Å². The summed E-state index contributed by atoms with van der Waals surface area (Å²) in [6, 6.07) is 9.19. The minimum absolute atomic E-state index is 0.246. The SMILES string of the molecule is CCCn1cccc1CNc1ccc(Br)c(F)c1. The molecule has 0 spiro atoms. The maximum absolute atomic E-state index is 13.4. The lowest BCUT2D eigenvalue weighted by molar-refractivity contribution is 0.621. The first-order valence-electron chi connectivity index (χ1n) is 6.03. The molecule has 1 aromatic heterocycles. The molecule has 4 heteroatoms. The van der Waals surface area contributed by atoms with Crippen LogP contribution in [0.15, 0.2) is 41.0 Å². The van der Waals surface area contributed by atoms with Crippen molar-refractivity contribution < 1.29 is 4.39 Å². The second-order valence-electron chi connectivity index (χ2n) is 4.18. The highest BCUT2D eigenvalue weighted by Gasteiger charge is 2.02. The molecule has 0 aliphatic carbocycles. The second-order valence-corrected chi connectivity index (χ2v) is 5.03. The van der Waals surface area contributed by atoms with Crippen molar-refractivity contribution in [2.75, 3.05) is 5.32 Å². The van der Waals surface area contributed by atoms with Gasteiger partial charge in [0.25, 0.3) is 0 Å². The van der Waals surface area contributed by atoms with Gasteiger partial charge in [0.1, 0.15) is 5.82 Å². The van der Waals surface area contributed by atoms with Gasteiger partial charge in [0.2, 0.25) is 0 Å². The van der Waals surface area contributed by atoms with Crippen LogP contribution >= 0.6 is 15.9 Å². The predicted molar refractivity (Wildman–Crippen MR) is 76.1 cm³/mol. The lowest BCUT2D eigenvalue weighted by Crippen LogP contribution is -2.07. The Hall–Kier alpha value is -1.29. The van der Waals surface area contributed by atoms with Crippen molar-refractivity contribution in [3.63, 3.8) is 0 Å². The Balaban J connectivity index is 2.02. The van der Waals surface area contributed by atoms with Crippen LogP contribution in [-0.2, 0) is 13.1 Å². The summed E-state index contributed by atoms with van der Waals surface area (Å²) in [5, 5.41) is 3.23. The molecule has 0 saturated carbocycles. The number of aryl methyl sites for hydroxylation is 1. The molecule has 0 amide bonds. The molecule has 2 aromatic rings. The molecule has 0 aliphatic heterocycles. The van der Waals surface area contributed by atoms with Gasteiger partial charge in [-0.15, -0.1) is 0 Å². The highest BCUT2D eigenvalue weighted by Crippen LogP contribution is 2.19.